The predicted molar refractivity (Wildman–Crippen MR) is 72.5 cm³/mol. The summed E-state index contributed by atoms with van der Waals surface area (Å²) in [6.45, 7) is 2.70. The fourth-order valence-electron chi connectivity index (χ4n) is 2.25. The van der Waals surface area contributed by atoms with Crippen LogP contribution in [0.15, 0.2) is 42.5 Å². The maximum absolute atomic E-state index is 13.3. The fraction of sp³-hybridized carbons (Fsp3) is 0.133. The topological polar surface area (TPSA) is 38.0 Å². The smallest absolute Gasteiger partial charge is 0.141 e. The lowest BCUT2D eigenvalue weighted by atomic mass is 10.2. The molecule has 0 unspecified atom stereocenters. The van der Waals surface area contributed by atoms with Crippen molar-refractivity contribution in [3.05, 3.63) is 48.3 Å². The Morgan fingerprint density at radius 2 is 1.89 bits per heavy atom. The molecule has 96 valence electrons. The maximum atomic E-state index is 13.3. The average Bonchev–Trinajstić information content (AvgIpc) is 2.77. The molecule has 0 bridgehead atoms. The van der Waals surface area contributed by atoms with E-state index < -0.39 is 0 Å². The Kier molecular flexibility index (Phi) is 2.71. The maximum Gasteiger partial charge on any atom is 0.141 e. The van der Waals surface area contributed by atoms with Gasteiger partial charge in [-0.05, 0) is 49.4 Å². The number of hydrogen-bond acceptors (Lipinski definition) is 2. The fourth-order valence-corrected chi connectivity index (χ4v) is 2.25. The van der Waals surface area contributed by atoms with Crippen molar-refractivity contribution in [1.29, 1.82) is 0 Å². The van der Waals surface area contributed by atoms with E-state index in [0.717, 1.165) is 22.4 Å². The minimum absolute atomic E-state index is 0.217. The van der Waals surface area contributed by atoms with E-state index in [2.05, 4.69) is 4.98 Å². The number of rotatable bonds is 2. The van der Waals surface area contributed by atoms with Gasteiger partial charge < -0.3 is 9.67 Å². The number of aromatic nitrogens is 2. The second-order valence-electron chi connectivity index (χ2n) is 4.36. The number of imidazole rings is 1. The van der Waals surface area contributed by atoms with Crippen molar-refractivity contribution in [3.8, 4) is 17.1 Å². The Morgan fingerprint density at radius 1 is 1.16 bits per heavy atom. The molecule has 1 heterocycles. The summed E-state index contributed by atoms with van der Waals surface area (Å²) < 4.78 is 15.3. The molecule has 1 N–H and O–H groups in total. The normalized spacial score (nSPS) is 11.1. The number of aromatic hydroxyl groups is 1. The van der Waals surface area contributed by atoms with Crippen LogP contribution in [0, 0.1) is 5.82 Å². The van der Waals surface area contributed by atoms with Crippen LogP contribution in [-0.2, 0) is 6.54 Å². The van der Waals surface area contributed by atoms with Gasteiger partial charge >= 0.3 is 0 Å². The first-order chi connectivity index (χ1) is 9.19. The molecule has 1 aromatic heterocycles. The average molecular weight is 256 g/mol. The third-order valence-corrected chi connectivity index (χ3v) is 3.15. The molecule has 3 nitrogen and oxygen atoms in total. The van der Waals surface area contributed by atoms with Gasteiger partial charge in [-0.1, -0.05) is 0 Å². The Balaban J connectivity index is 2.25. The number of nitrogens with zero attached hydrogens (tertiary/aromatic N) is 2. The number of phenols is 1. The molecular formula is C15H13FN2O. The summed E-state index contributed by atoms with van der Waals surface area (Å²) >= 11 is 0. The molecular weight excluding hydrogens is 243 g/mol. The molecule has 3 rings (SSSR count). The molecule has 0 aliphatic heterocycles. The number of halogens is 1. The predicted octanol–water partition coefficient (Wildman–Crippen LogP) is 3.57. The van der Waals surface area contributed by atoms with Crippen molar-refractivity contribution >= 4 is 11.0 Å². The minimum Gasteiger partial charge on any atom is -0.508 e. The van der Waals surface area contributed by atoms with Crippen LogP contribution in [0.3, 0.4) is 0 Å². The summed E-state index contributed by atoms with van der Waals surface area (Å²) in [6.07, 6.45) is 0. The number of benzene rings is 2. The van der Waals surface area contributed by atoms with Crippen molar-refractivity contribution in [1.82, 2.24) is 9.55 Å². The SMILES string of the molecule is CCn1c(-c2ccc(O)cc2)nc2ccc(F)cc21. The van der Waals surface area contributed by atoms with Crippen LogP contribution in [-0.4, -0.2) is 14.7 Å². The molecule has 0 amide bonds. The van der Waals surface area contributed by atoms with Gasteiger partial charge in [-0.15, -0.1) is 0 Å². The highest BCUT2D eigenvalue weighted by Gasteiger charge is 2.11. The van der Waals surface area contributed by atoms with Crippen LogP contribution in [0.4, 0.5) is 4.39 Å². The number of fused-ring (bicyclic) bond motifs is 1. The molecule has 0 aliphatic carbocycles. The van der Waals surface area contributed by atoms with E-state index in [4.69, 9.17) is 0 Å². The van der Waals surface area contributed by atoms with Crippen molar-refractivity contribution < 1.29 is 9.50 Å². The van der Waals surface area contributed by atoms with Gasteiger partial charge in [0.1, 0.15) is 17.4 Å². The Bertz CT molecular complexity index is 732. The van der Waals surface area contributed by atoms with Crippen molar-refractivity contribution in [2.45, 2.75) is 13.5 Å². The van der Waals surface area contributed by atoms with Gasteiger partial charge in [0.15, 0.2) is 0 Å². The highest BCUT2D eigenvalue weighted by molar-refractivity contribution is 5.80. The third kappa shape index (κ3) is 1.95. The molecule has 0 spiro atoms. The summed E-state index contributed by atoms with van der Waals surface area (Å²) in [7, 11) is 0. The van der Waals surface area contributed by atoms with Gasteiger partial charge in [0.2, 0.25) is 0 Å². The van der Waals surface area contributed by atoms with E-state index in [9.17, 15) is 9.50 Å². The Labute approximate surface area is 109 Å². The van der Waals surface area contributed by atoms with Gasteiger partial charge in [0.25, 0.3) is 0 Å². The van der Waals surface area contributed by atoms with Gasteiger partial charge in [-0.3, -0.25) is 0 Å². The van der Waals surface area contributed by atoms with E-state index in [1.165, 1.54) is 12.1 Å². The first-order valence-corrected chi connectivity index (χ1v) is 6.14. The molecule has 19 heavy (non-hydrogen) atoms. The summed E-state index contributed by atoms with van der Waals surface area (Å²) in [5, 5.41) is 9.33. The molecule has 0 fully saturated rings. The van der Waals surface area contributed by atoms with Crippen molar-refractivity contribution in [2.75, 3.05) is 0 Å². The van der Waals surface area contributed by atoms with E-state index in [1.807, 2.05) is 11.5 Å². The Hall–Kier alpha value is -2.36. The largest absolute Gasteiger partial charge is 0.508 e. The lowest BCUT2D eigenvalue weighted by molar-refractivity contribution is 0.475. The zero-order chi connectivity index (χ0) is 13.4. The Morgan fingerprint density at radius 3 is 2.58 bits per heavy atom. The molecule has 0 atom stereocenters. The summed E-state index contributed by atoms with van der Waals surface area (Å²) in [5.41, 5.74) is 2.45. The summed E-state index contributed by atoms with van der Waals surface area (Å²) in [5.74, 6) is 0.733. The molecule has 2 aromatic carbocycles. The summed E-state index contributed by atoms with van der Waals surface area (Å²) in [4.78, 5) is 4.54. The lowest BCUT2D eigenvalue weighted by Gasteiger charge is -2.06. The third-order valence-electron chi connectivity index (χ3n) is 3.15. The molecule has 0 saturated carbocycles. The standard InChI is InChI=1S/C15H13FN2O/c1-2-18-14-9-11(16)5-8-13(14)17-15(18)10-3-6-12(19)7-4-10/h3-9,19H,2H2,1H3. The van der Waals surface area contributed by atoms with Crippen LogP contribution in [0.1, 0.15) is 6.92 Å². The molecule has 3 aromatic rings. The van der Waals surface area contributed by atoms with E-state index in [1.54, 1.807) is 30.3 Å². The summed E-state index contributed by atoms with van der Waals surface area (Å²) in [6, 6.07) is 11.4. The van der Waals surface area contributed by atoms with Gasteiger partial charge in [-0.2, -0.15) is 0 Å². The van der Waals surface area contributed by atoms with Crippen LogP contribution in [0.25, 0.3) is 22.4 Å². The first-order valence-electron chi connectivity index (χ1n) is 6.14. The molecule has 0 saturated heterocycles. The molecule has 4 heteroatoms. The van der Waals surface area contributed by atoms with E-state index in [0.29, 0.717) is 6.54 Å². The first kappa shape index (κ1) is 11.7. The number of phenolic OH excluding ortho intramolecular Hbond substituents is 1. The van der Waals surface area contributed by atoms with Crippen LogP contribution >= 0.6 is 0 Å². The quantitative estimate of drug-likeness (QED) is 0.761. The zero-order valence-corrected chi connectivity index (χ0v) is 10.5. The number of hydrogen-bond donors (Lipinski definition) is 1. The van der Waals surface area contributed by atoms with Crippen LogP contribution in [0.2, 0.25) is 0 Å². The van der Waals surface area contributed by atoms with E-state index in [-0.39, 0.29) is 11.6 Å². The van der Waals surface area contributed by atoms with E-state index >= 15 is 0 Å². The second kappa shape index (κ2) is 4.39. The van der Waals surface area contributed by atoms with Crippen molar-refractivity contribution in [3.63, 3.8) is 0 Å². The minimum atomic E-state index is -0.264. The van der Waals surface area contributed by atoms with Crippen molar-refractivity contribution in [2.24, 2.45) is 0 Å². The highest BCUT2D eigenvalue weighted by Crippen LogP contribution is 2.26. The number of aryl methyl sites for hydroxylation is 1. The monoisotopic (exact) mass is 256 g/mol. The highest BCUT2D eigenvalue weighted by atomic mass is 19.1. The van der Waals surface area contributed by atoms with Gasteiger partial charge in [0, 0.05) is 12.1 Å². The second-order valence-corrected chi connectivity index (χ2v) is 4.36. The van der Waals surface area contributed by atoms with Crippen LogP contribution in [0.5, 0.6) is 5.75 Å². The molecule has 0 radical (unpaired) electrons. The van der Waals surface area contributed by atoms with Gasteiger partial charge in [0.05, 0.1) is 11.0 Å². The van der Waals surface area contributed by atoms with Crippen LogP contribution < -0.4 is 0 Å². The lowest BCUT2D eigenvalue weighted by Crippen LogP contribution is -1.97. The molecule has 0 aliphatic rings. The zero-order valence-electron chi connectivity index (χ0n) is 10.5. The van der Waals surface area contributed by atoms with Gasteiger partial charge in [-0.25, -0.2) is 9.37 Å².